The molecule has 96 valence electrons. The number of benzene rings is 1. The van der Waals surface area contributed by atoms with Gasteiger partial charge in [0.15, 0.2) is 0 Å². The first-order valence-electron chi connectivity index (χ1n) is 6.02. The molecule has 0 aliphatic rings. The van der Waals surface area contributed by atoms with Crippen LogP contribution in [0, 0.1) is 0 Å². The van der Waals surface area contributed by atoms with E-state index < -0.39 is 0 Å². The third-order valence-electron chi connectivity index (χ3n) is 3.16. The van der Waals surface area contributed by atoms with E-state index in [9.17, 15) is 4.79 Å². The van der Waals surface area contributed by atoms with Crippen molar-refractivity contribution < 1.29 is 0 Å². The van der Waals surface area contributed by atoms with E-state index in [-0.39, 0.29) is 5.56 Å². The molecule has 0 unspecified atom stereocenters. The molecule has 2 heterocycles. The van der Waals surface area contributed by atoms with Crippen LogP contribution in [-0.4, -0.2) is 14.3 Å². The van der Waals surface area contributed by atoms with Gasteiger partial charge in [-0.3, -0.25) is 9.48 Å². The van der Waals surface area contributed by atoms with Gasteiger partial charge in [-0.15, -0.1) is 0 Å². The van der Waals surface area contributed by atoms with Crippen molar-refractivity contribution in [3.63, 3.8) is 0 Å². The van der Waals surface area contributed by atoms with Crippen molar-refractivity contribution in [2.45, 2.75) is 6.54 Å². The summed E-state index contributed by atoms with van der Waals surface area (Å²) in [5, 5.41) is 5.53. The lowest BCUT2D eigenvalue weighted by Crippen LogP contribution is -2.19. The molecule has 0 fully saturated rings. The molecule has 0 saturated carbocycles. The predicted octanol–water partition coefficient (Wildman–Crippen LogP) is 1.37. The first-order valence-corrected chi connectivity index (χ1v) is 6.02. The number of pyridine rings is 1. The summed E-state index contributed by atoms with van der Waals surface area (Å²) in [5.41, 5.74) is 8.12. The molecule has 0 aliphatic carbocycles. The van der Waals surface area contributed by atoms with Crippen LogP contribution in [0.4, 0.5) is 5.69 Å². The van der Waals surface area contributed by atoms with Crippen molar-refractivity contribution in [1.29, 1.82) is 0 Å². The first kappa shape index (κ1) is 11.5. The van der Waals surface area contributed by atoms with E-state index in [1.165, 1.54) is 6.07 Å². The van der Waals surface area contributed by atoms with Crippen molar-refractivity contribution in [1.82, 2.24) is 14.3 Å². The minimum atomic E-state index is -0.0797. The average molecular weight is 254 g/mol. The van der Waals surface area contributed by atoms with E-state index in [1.807, 2.05) is 36.0 Å². The number of anilines is 1. The molecule has 0 atom stereocenters. The first-order chi connectivity index (χ1) is 9.15. The Morgan fingerprint density at radius 1 is 1.21 bits per heavy atom. The SMILES string of the molecule is Cn1nc(Cn2cc(N)ccc2=O)c2ccccc21. The number of aryl methyl sites for hydroxylation is 1. The summed E-state index contributed by atoms with van der Waals surface area (Å²) in [6.45, 7) is 0.422. The highest BCUT2D eigenvalue weighted by Gasteiger charge is 2.09. The Morgan fingerprint density at radius 2 is 2.00 bits per heavy atom. The molecule has 0 amide bonds. The number of hydrogen-bond acceptors (Lipinski definition) is 3. The highest BCUT2D eigenvalue weighted by molar-refractivity contribution is 5.81. The van der Waals surface area contributed by atoms with Gasteiger partial charge in [-0.05, 0) is 12.1 Å². The molecule has 2 N–H and O–H groups in total. The molecular weight excluding hydrogens is 240 g/mol. The lowest BCUT2D eigenvalue weighted by atomic mass is 10.2. The number of aromatic nitrogens is 3. The van der Waals surface area contributed by atoms with E-state index in [1.54, 1.807) is 16.8 Å². The van der Waals surface area contributed by atoms with E-state index in [4.69, 9.17) is 5.73 Å². The standard InChI is InChI=1S/C14H14N4O/c1-17-13-5-3-2-4-11(13)12(16-17)9-18-8-10(15)6-7-14(18)19/h2-8H,9,15H2,1H3. The number of nitrogens with two attached hydrogens (primary N) is 1. The van der Waals surface area contributed by atoms with Crippen LogP contribution in [0.25, 0.3) is 10.9 Å². The van der Waals surface area contributed by atoms with Crippen LogP contribution in [0.2, 0.25) is 0 Å². The fraction of sp³-hybridized carbons (Fsp3) is 0.143. The molecule has 5 heteroatoms. The van der Waals surface area contributed by atoms with E-state index in [0.717, 1.165) is 16.6 Å². The van der Waals surface area contributed by atoms with Gasteiger partial charge in [0.2, 0.25) is 0 Å². The summed E-state index contributed by atoms with van der Waals surface area (Å²) >= 11 is 0. The second-order valence-electron chi connectivity index (χ2n) is 4.52. The smallest absolute Gasteiger partial charge is 0.251 e. The molecule has 0 radical (unpaired) electrons. The fourth-order valence-corrected chi connectivity index (χ4v) is 2.24. The number of rotatable bonds is 2. The molecular formula is C14H14N4O. The van der Waals surface area contributed by atoms with Gasteiger partial charge in [0, 0.05) is 30.4 Å². The molecule has 1 aromatic carbocycles. The second kappa shape index (κ2) is 4.28. The van der Waals surface area contributed by atoms with Crippen molar-refractivity contribution in [3.8, 4) is 0 Å². The molecule has 2 aromatic heterocycles. The Kier molecular flexibility index (Phi) is 2.59. The van der Waals surface area contributed by atoms with Crippen molar-refractivity contribution in [3.05, 3.63) is 58.6 Å². The van der Waals surface area contributed by atoms with Crippen LogP contribution < -0.4 is 11.3 Å². The maximum Gasteiger partial charge on any atom is 0.251 e. The molecule has 0 spiro atoms. The minimum absolute atomic E-state index is 0.0797. The van der Waals surface area contributed by atoms with Crippen LogP contribution in [0.5, 0.6) is 0 Å². The highest BCUT2D eigenvalue weighted by Crippen LogP contribution is 2.18. The lowest BCUT2D eigenvalue weighted by molar-refractivity contribution is 0.702. The summed E-state index contributed by atoms with van der Waals surface area (Å²) in [4.78, 5) is 11.8. The average Bonchev–Trinajstić information content (AvgIpc) is 2.72. The normalized spacial score (nSPS) is 11.0. The zero-order chi connectivity index (χ0) is 13.4. The van der Waals surface area contributed by atoms with E-state index >= 15 is 0 Å². The predicted molar refractivity (Wildman–Crippen MR) is 74.9 cm³/mol. The second-order valence-corrected chi connectivity index (χ2v) is 4.52. The molecule has 3 rings (SSSR count). The monoisotopic (exact) mass is 254 g/mol. The topological polar surface area (TPSA) is 65.8 Å². The Morgan fingerprint density at radius 3 is 2.84 bits per heavy atom. The number of fused-ring (bicyclic) bond motifs is 1. The Bertz CT molecular complexity index is 801. The van der Waals surface area contributed by atoms with Gasteiger partial charge in [0.05, 0.1) is 17.8 Å². The number of nitrogen functional groups attached to an aromatic ring is 1. The molecule has 5 nitrogen and oxygen atoms in total. The van der Waals surface area contributed by atoms with Gasteiger partial charge in [0.1, 0.15) is 0 Å². The molecule has 0 bridgehead atoms. The highest BCUT2D eigenvalue weighted by atomic mass is 16.1. The van der Waals surface area contributed by atoms with Gasteiger partial charge >= 0.3 is 0 Å². The summed E-state index contributed by atoms with van der Waals surface area (Å²) in [6.07, 6.45) is 1.64. The van der Waals surface area contributed by atoms with Crippen LogP contribution in [0.15, 0.2) is 47.4 Å². The number of hydrogen-bond donors (Lipinski definition) is 1. The third kappa shape index (κ3) is 1.99. The maximum absolute atomic E-state index is 11.8. The quantitative estimate of drug-likeness (QED) is 0.751. The van der Waals surface area contributed by atoms with Gasteiger partial charge in [-0.1, -0.05) is 18.2 Å². The van der Waals surface area contributed by atoms with Crippen molar-refractivity contribution >= 4 is 16.6 Å². The Labute approximate surface area is 109 Å². The van der Waals surface area contributed by atoms with Crippen LogP contribution in [-0.2, 0) is 13.6 Å². The summed E-state index contributed by atoms with van der Waals surface area (Å²) in [5.74, 6) is 0. The van der Waals surface area contributed by atoms with E-state index in [0.29, 0.717) is 12.2 Å². The zero-order valence-electron chi connectivity index (χ0n) is 10.6. The lowest BCUT2D eigenvalue weighted by Gasteiger charge is -2.04. The zero-order valence-corrected chi connectivity index (χ0v) is 10.6. The fourth-order valence-electron chi connectivity index (χ4n) is 2.24. The van der Waals surface area contributed by atoms with Gasteiger partial charge in [-0.25, -0.2) is 0 Å². The molecule has 0 saturated heterocycles. The van der Waals surface area contributed by atoms with Gasteiger partial charge in [-0.2, -0.15) is 5.10 Å². The van der Waals surface area contributed by atoms with E-state index in [2.05, 4.69) is 5.10 Å². The molecule has 3 aromatic rings. The summed E-state index contributed by atoms with van der Waals surface area (Å²) < 4.78 is 3.39. The third-order valence-corrected chi connectivity index (χ3v) is 3.16. The van der Waals surface area contributed by atoms with Gasteiger partial charge < -0.3 is 10.3 Å². The summed E-state index contributed by atoms with van der Waals surface area (Å²) in [6, 6.07) is 11.0. The maximum atomic E-state index is 11.8. The Balaban J connectivity index is 2.11. The van der Waals surface area contributed by atoms with Crippen molar-refractivity contribution in [2.75, 3.05) is 5.73 Å². The number of para-hydroxylation sites is 1. The van der Waals surface area contributed by atoms with Crippen LogP contribution in [0.3, 0.4) is 0 Å². The summed E-state index contributed by atoms with van der Waals surface area (Å²) in [7, 11) is 1.90. The largest absolute Gasteiger partial charge is 0.398 e. The van der Waals surface area contributed by atoms with Crippen molar-refractivity contribution in [2.24, 2.45) is 7.05 Å². The minimum Gasteiger partial charge on any atom is -0.398 e. The molecule has 0 aliphatic heterocycles. The van der Waals surface area contributed by atoms with Crippen LogP contribution in [0.1, 0.15) is 5.69 Å². The number of nitrogens with zero attached hydrogens (tertiary/aromatic N) is 3. The molecule has 19 heavy (non-hydrogen) atoms. The van der Waals surface area contributed by atoms with Crippen LogP contribution >= 0.6 is 0 Å². The van der Waals surface area contributed by atoms with Gasteiger partial charge in [0.25, 0.3) is 5.56 Å². The Hall–Kier alpha value is -2.56.